The van der Waals surface area contributed by atoms with Crippen LogP contribution < -0.4 is 0 Å². The first-order chi connectivity index (χ1) is 7.09. The maximum atomic E-state index is 6.23. The number of rotatable bonds is 1. The fourth-order valence-corrected chi connectivity index (χ4v) is 2.29. The number of allylic oxidation sites excluding steroid dienone is 4. The first kappa shape index (κ1) is 11.1. The van der Waals surface area contributed by atoms with Crippen LogP contribution in [0.15, 0.2) is 42.5 Å². The molecule has 0 heterocycles. The molecule has 1 aromatic carbocycles. The number of hydrogen-bond acceptors (Lipinski definition) is 0. The molecular formula is C12H9Cl3. The Labute approximate surface area is 104 Å². The van der Waals surface area contributed by atoms with Crippen molar-refractivity contribution in [2.24, 2.45) is 0 Å². The van der Waals surface area contributed by atoms with Gasteiger partial charge in [-0.25, -0.2) is 0 Å². The molecule has 0 bridgehead atoms. The van der Waals surface area contributed by atoms with Crippen molar-refractivity contribution in [3.63, 3.8) is 0 Å². The van der Waals surface area contributed by atoms with E-state index in [0.29, 0.717) is 11.4 Å². The molecular weight excluding hydrogens is 250 g/mol. The minimum Gasteiger partial charge on any atom is -0.0959 e. The highest BCUT2D eigenvalue weighted by Crippen LogP contribution is 2.42. The van der Waals surface area contributed by atoms with Crippen LogP contribution in [0.4, 0.5) is 0 Å². The summed E-state index contributed by atoms with van der Waals surface area (Å²) in [5, 5.41) is 0.687. The molecule has 1 aliphatic carbocycles. The Hall–Kier alpha value is -0.430. The zero-order valence-electron chi connectivity index (χ0n) is 7.88. The van der Waals surface area contributed by atoms with Gasteiger partial charge in [0.25, 0.3) is 0 Å². The van der Waals surface area contributed by atoms with E-state index in [1.165, 1.54) is 0 Å². The van der Waals surface area contributed by atoms with Gasteiger partial charge in [-0.1, -0.05) is 65.2 Å². The average molecular weight is 260 g/mol. The lowest BCUT2D eigenvalue weighted by Gasteiger charge is -2.24. The van der Waals surface area contributed by atoms with Gasteiger partial charge in [0.2, 0.25) is 0 Å². The molecule has 3 heteroatoms. The predicted octanol–water partition coefficient (Wildman–Crippen LogP) is 4.86. The van der Waals surface area contributed by atoms with Crippen LogP contribution in [0.25, 0.3) is 5.57 Å². The molecule has 0 fully saturated rings. The Morgan fingerprint density at radius 2 is 2.00 bits per heavy atom. The third kappa shape index (κ3) is 2.39. The summed E-state index contributed by atoms with van der Waals surface area (Å²) in [6.07, 6.45) is 6.46. The summed E-state index contributed by atoms with van der Waals surface area (Å²) < 4.78 is -0.848. The maximum Gasteiger partial charge on any atom is 0.147 e. The first-order valence-corrected chi connectivity index (χ1v) is 5.74. The second-order valence-corrected chi connectivity index (χ2v) is 5.35. The molecule has 2 rings (SSSR count). The Morgan fingerprint density at radius 3 is 2.67 bits per heavy atom. The van der Waals surface area contributed by atoms with Gasteiger partial charge in [-0.15, -0.1) is 0 Å². The van der Waals surface area contributed by atoms with Crippen LogP contribution in [-0.4, -0.2) is 4.33 Å². The van der Waals surface area contributed by atoms with Crippen LogP contribution in [0.1, 0.15) is 12.0 Å². The van der Waals surface area contributed by atoms with Crippen molar-refractivity contribution in [3.8, 4) is 0 Å². The van der Waals surface area contributed by atoms with Crippen LogP contribution in [0.3, 0.4) is 0 Å². The lowest BCUT2D eigenvalue weighted by molar-refractivity contribution is 0.981. The van der Waals surface area contributed by atoms with Crippen LogP contribution in [0.5, 0.6) is 0 Å². The predicted molar refractivity (Wildman–Crippen MR) is 67.6 cm³/mol. The summed E-state index contributed by atoms with van der Waals surface area (Å²) in [7, 11) is 0. The quantitative estimate of drug-likeness (QED) is 0.632. The maximum absolute atomic E-state index is 6.23. The van der Waals surface area contributed by atoms with E-state index < -0.39 is 4.33 Å². The van der Waals surface area contributed by atoms with Crippen LogP contribution in [-0.2, 0) is 0 Å². The van der Waals surface area contributed by atoms with Gasteiger partial charge < -0.3 is 0 Å². The second kappa shape index (κ2) is 4.21. The van der Waals surface area contributed by atoms with Gasteiger partial charge in [0, 0.05) is 11.4 Å². The van der Waals surface area contributed by atoms with E-state index in [4.69, 9.17) is 34.8 Å². The van der Waals surface area contributed by atoms with Crippen molar-refractivity contribution in [3.05, 3.63) is 53.1 Å². The van der Waals surface area contributed by atoms with Crippen molar-refractivity contribution < 1.29 is 0 Å². The molecule has 15 heavy (non-hydrogen) atoms. The van der Waals surface area contributed by atoms with Gasteiger partial charge in [-0.2, -0.15) is 0 Å². The molecule has 0 nitrogen and oxygen atoms in total. The van der Waals surface area contributed by atoms with Gasteiger partial charge in [0.15, 0.2) is 0 Å². The molecule has 78 valence electrons. The highest BCUT2D eigenvalue weighted by atomic mass is 35.5. The molecule has 0 saturated heterocycles. The van der Waals surface area contributed by atoms with E-state index in [9.17, 15) is 0 Å². The fraction of sp³-hybridized carbons (Fsp3) is 0.167. The van der Waals surface area contributed by atoms with Crippen molar-refractivity contribution in [1.82, 2.24) is 0 Å². The van der Waals surface area contributed by atoms with E-state index in [-0.39, 0.29) is 0 Å². The molecule has 0 amide bonds. The van der Waals surface area contributed by atoms with E-state index >= 15 is 0 Å². The fourth-order valence-electron chi connectivity index (χ4n) is 1.58. The standard InChI is InChI=1S/C12H9Cl3/c13-10-5-3-4-9(8-10)11-6-1-2-7-12(11,14)15/h1-6,8H,7H2. The first-order valence-electron chi connectivity index (χ1n) is 4.61. The molecule has 0 radical (unpaired) electrons. The van der Waals surface area contributed by atoms with Crippen LogP contribution in [0, 0.1) is 0 Å². The normalized spacial score (nSPS) is 18.7. The largest absolute Gasteiger partial charge is 0.147 e. The molecule has 0 spiro atoms. The Kier molecular flexibility index (Phi) is 3.11. The van der Waals surface area contributed by atoms with Crippen molar-refractivity contribution >= 4 is 40.4 Å². The van der Waals surface area contributed by atoms with Gasteiger partial charge >= 0.3 is 0 Å². The number of alkyl halides is 2. The summed E-state index contributed by atoms with van der Waals surface area (Å²) in [4.78, 5) is 0. The summed E-state index contributed by atoms with van der Waals surface area (Å²) in [5.74, 6) is 0. The van der Waals surface area contributed by atoms with E-state index in [1.54, 1.807) is 0 Å². The number of halogens is 3. The monoisotopic (exact) mass is 258 g/mol. The lowest BCUT2D eigenvalue weighted by atomic mass is 9.96. The van der Waals surface area contributed by atoms with Gasteiger partial charge in [0.1, 0.15) is 4.33 Å². The molecule has 0 aliphatic heterocycles. The molecule has 0 saturated carbocycles. The van der Waals surface area contributed by atoms with Crippen molar-refractivity contribution in [1.29, 1.82) is 0 Å². The number of benzene rings is 1. The zero-order valence-corrected chi connectivity index (χ0v) is 10.2. The summed E-state index contributed by atoms with van der Waals surface area (Å²) in [6, 6.07) is 7.54. The van der Waals surface area contributed by atoms with E-state index in [1.807, 2.05) is 42.5 Å². The molecule has 1 aliphatic rings. The molecule has 0 N–H and O–H groups in total. The Bertz CT molecular complexity index is 430. The lowest BCUT2D eigenvalue weighted by Crippen LogP contribution is -2.16. The average Bonchev–Trinajstić information content (AvgIpc) is 2.17. The minimum atomic E-state index is -0.848. The van der Waals surface area contributed by atoms with Crippen molar-refractivity contribution in [2.75, 3.05) is 0 Å². The Morgan fingerprint density at radius 1 is 1.20 bits per heavy atom. The minimum absolute atomic E-state index is 0.620. The van der Waals surface area contributed by atoms with Gasteiger partial charge in [-0.3, -0.25) is 0 Å². The van der Waals surface area contributed by atoms with Crippen LogP contribution in [0.2, 0.25) is 5.02 Å². The summed E-state index contributed by atoms with van der Waals surface area (Å²) in [6.45, 7) is 0. The molecule has 0 atom stereocenters. The topological polar surface area (TPSA) is 0 Å². The third-order valence-corrected chi connectivity index (χ3v) is 3.25. The molecule has 0 aromatic heterocycles. The van der Waals surface area contributed by atoms with Crippen LogP contribution >= 0.6 is 34.8 Å². The molecule has 1 aromatic rings. The number of hydrogen-bond donors (Lipinski definition) is 0. The van der Waals surface area contributed by atoms with Gasteiger partial charge in [0.05, 0.1) is 0 Å². The zero-order chi connectivity index (χ0) is 10.9. The summed E-state index contributed by atoms with van der Waals surface area (Å²) in [5.41, 5.74) is 1.87. The van der Waals surface area contributed by atoms with Crippen molar-refractivity contribution in [2.45, 2.75) is 10.8 Å². The highest BCUT2D eigenvalue weighted by Gasteiger charge is 2.30. The van der Waals surface area contributed by atoms with E-state index in [0.717, 1.165) is 11.1 Å². The third-order valence-electron chi connectivity index (χ3n) is 2.30. The highest BCUT2D eigenvalue weighted by molar-refractivity contribution is 6.54. The summed E-state index contributed by atoms with van der Waals surface area (Å²) >= 11 is 18.4. The second-order valence-electron chi connectivity index (χ2n) is 3.43. The Balaban J connectivity index is 2.46. The smallest absolute Gasteiger partial charge is 0.0959 e. The van der Waals surface area contributed by atoms with Gasteiger partial charge in [-0.05, 0) is 23.3 Å². The SMILES string of the molecule is Clc1cccc(C2=CC=CCC2(Cl)Cl)c1. The van der Waals surface area contributed by atoms with E-state index in [2.05, 4.69) is 0 Å². The molecule has 0 unspecified atom stereocenters.